The third-order valence-electron chi connectivity index (χ3n) is 12.2. The molecule has 0 fully saturated rings. The number of fused-ring (bicyclic) bond motifs is 2. The number of hydrogen-bond donors (Lipinski definition) is 4. The molecule has 4 bridgehead atoms. The molecule has 6 rings (SSSR count). The van der Waals surface area contributed by atoms with Gasteiger partial charge < -0.3 is 53.6 Å². The van der Waals surface area contributed by atoms with Crippen molar-refractivity contribution >= 4 is 56.8 Å². The Balaban J connectivity index is 1.59. The molecular weight excluding hydrogens is 850 g/mol. The Morgan fingerprint density at radius 2 is 1.72 bits per heavy atom. The largest absolute Gasteiger partial charge is 0.507 e. The first kappa shape index (κ1) is 47.9. The van der Waals surface area contributed by atoms with E-state index in [-0.39, 0.29) is 66.5 Å². The van der Waals surface area contributed by atoms with Gasteiger partial charge in [0, 0.05) is 79.8 Å². The number of rotatable bonds is 6. The van der Waals surface area contributed by atoms with Gasteiger partial charge in [0.1, 0.15) is 46.9 Å². The minimum Gasteiger partial charge on any atom is -0.507 e. The molecule has 9 atom stereocenters. The first-order valence-corrected chi connectivity index (χ1v) is 21.4. The van der Waals surface area contributed by atoms with Crippen molar-refractivity contribution in [3.63, 3.8) is 0 Å². The predicted octanol–water partition coefficient (Wildman–Crippen LogP) is 6.54. The molecular formula is C47H56ClN3O13. The van der Waals surface area contributed by atoms with Gasteiger partial charge in [-0.3, -0.25) is 19.2 Å². The summed E-state index contributed by atoms with van der Waals surface area (Å²) in [5.41, 5.74) is -1.11. The molecule has 344 valence electrons. The number of ether oxygens (including phenoxy) is 5. The quantitative estimate of drug-likeness (QED) is 0.0918. The van der Waals surface area contributed by atoms with Crippen molar-refractivity contribution in [2.75, 3.05) is 39.7 Å². The Labute approximate surface area is 375 Å². The number of aromatic hydroxyl groups is 1. The van der Waals surface area contributed by atoms with Crippen LogP contribution >= 0.6 is 11.6 Å². The Hall–Kier alpha value is -5.52. The van der Waals surface area contributed by atoms with Gasteiger partial charge in [-0.1, -0.05) is 57.5 Å². The molecule has 4 aliphatic rings. The zero-order chi connectivity index (χ0) is 47.1. The standard InChI is InChI=1S/C47H56ClN3O13/c1-21-13-12-14-22(2)46(58)50-37-41(56)33-32(36-44(37)63-31-20-28(60-18-16-51(9)10)19-29(48)35(31)49-36)34-43(26(6)40(33)55)64-47(8,45(34)57)61-17-15-30(59-11)23(3)42(62-27(7)52)25(5)39(54)24(4)38(21)53/h12-15,17,19-21,23-25,30,38-39,42,53-55H,16,18H2,1-11H3,(H,50,58)/b13-12+,17-15+,22-14-/t21-,23+,24+,25+,30-,38-,39+,42+,47-/m0/s1. The first-order chi connectivity index (χ1) is 30.1. The van der Waals surface area contributed by atoms with Crippen molar-refractivity contribution < 1.29 is 57.8 Å². The number of allylic oxidation sites excluding steroid dienone is 2. The second-order valence-corrected chi connectivity index (χ2v) is 17.5. The SMILES string of the molecule is CO[C@H]1/C=C/O[C@@]2(C)Oc3c(C)c(O)c4c(=O)c(c5oc6cc(OCCN(C)C)cc(Cl)c6nc-5c4c3C2=O)NC(=O)/C(C)=C\C=C\[C@H](C)[C@H](O)[C@@H](C)[C@@H](O)[C@@H](C)[C@H](OC(C)=O)[C@@H]1C. The van der Waals surface area contributed by atoms with E-state index in [4.69, 9.17) is 44.7 Å². The van der Waals surface area contributed by atoms with Crippen molar-refractivity contribution in [3.8, 4) is 28.7 Å². The number of benzene rings is 3. The van der Waals surface area contributed by atoms with Crippen molar-refractivity contribution in [1.82, 2.24) is 9.88 Å². The number of phenols is 1. The second kappa shape index (κ2) is 18.9. The third-order valence-corrected chi connectivity index (χ3v) is 12.5. The molecule has 1 aliphatic carbocycles. The summed E-state index contributed by atoms with van der Waals surface area (Å²) in [6.07, 6.45) is 3.48. The third kappa shape index (κ3) is 9.07. The first-order valence-electron chi connectivity index (χ1n) is 21.0. The van der Waals surface area contributed by atoms with E-state index >= 15 is 0 Å². The molecule has 17 heteroatoms. The average Bonchev–Trinajstić information content (AvgIpc) is 3.51. The number of aliphatic hydroxyl groups excluding tert-OH is 2. The lowest BCUT2D eigenvalue weighted by Gasteiger charge is -2.38. The maximum absolute atomic E-state index is 14.7. The number of carbonyl (C=O) groups excluding carboxylic acids is 3. The monoisotopic (exact) mass is 905 g/mol. The molecule has 0 saturated carbocycles. The van der Waals surface area contributed by atoms with E-state index in [0.29, 0.717) is 18.9 Å². The number of hydrogen-bond acceptors (Lipinski definition) is 15. The summed E-state index contributed by atoms with van der Waals surface area (Å²) in [6.45, 7) is 13.4. The molecule has 0 saturated heterocycles. The summed E-state index contributed by atoms with van der Waals surface area (Å²) < 4.78 is 36.2. The van der Waals surface area contributed by atoms with E-state index in [1.807, 2.05) is 19.0 Å². The van der Waals surface area contributed by atoms with Gasteiger partial charge in [-0.05, 0) is 34.0 Å². The van der Waals surface area contributed by atoms with Crippen molar-refractivity contribution in [2.45, 2.75) is 85.6 Å². The van der Waals surface area contributed by atoms with Crippen LogP contribution in [-0.2, 0) is 23.8 Å². The van der Waals surface area contributed by atoms with Crippen LogP contribution in [0.3, 0.4) is 0 Å². The van der Waals surface area contributed by atoms with Crippen LogP contribution in [0, 0.1) is 30.6 Å². The van der Waals surface area contributed by atoms with Crippen LogP contribution in [0.5, 0.6) is 17.2 Å². The van der Waals surface area contributed by atoms with Crippen molar-refractivity contribution in [3.05, 3.63) is 74.6 Å². The normalized spacial score (nSPS) is 28.8. The number of ketones is 1. The molecule has 3 heterocycles. The summed E-state index contributed by atoms with van der Waals surface area (Å²) >= 11 is 6.80. The number of Topliss-reactive ketones (excluding diaryl/α,β-unsaturated/α-hetero) is 1. The molecule has 2 aromatic carbocycles. The lowest BCUT2D eigenvalue weighted by atomic mass is 9.78. The maximum Gasteiger partial charge on any atom is 0.312 e. The summed E-state index contributed by atoms with van der Waals surface area (Å²) in [4.78, 5) is 62.6. The Morgan fingerprint density at radius 1 is 1.02 bits per heavy atom. The molecule has 3 aliphatic heterocycles. The van der Waals surface area contributed by atoms with Crippen molar-refractivity contribution in [1.29, 1.82) is 0 Å². The Bertz CT molecular complexity index is 2600. The van der Waals surface area contributed by atoms with Gasteiger partial charge in [-0.25, -0.2) is 4.98 Å². The number of esters is 1. The number of carbonyl (C=O) groups is 3. The molecule has 16 nitrogen and oxygen atoms in total. The number of halogens is 1. The highest BCUT2D eigenvalue weighted by atomic mass is 35.5. The fourth-order valence-corrected chi connectivity index (χ4v) is 8.52. The molecule has 0 spiro atoms. The maximum atomic E-state index is 14.7. The fraction of sp³-hybridized carbons (Fsp3) is 0.468. The van der Waals surface area contributed by atoms with Crippen LogP contribution in [0.1, 0.15) is 64.4 Å². The number of amides is 1. The van der Waals surface area contributed by atoms with Crippen LogP contribution < -0.4 is 20.2 Å². The zero-order valence-corrected chi connectivity index (χ0v) is 38.5. The van der Waals surface area contributed by atoms with Crippen LogP contribution in [0.25, 0.3) is 33.3 Å². The average molecular weight is 906 g/mol. The van der Waals surface area contributed by atoms with Gasteiger partial charge >= 0.3 is 11.8 Å². The number of nitrogens with zero attached hydrogens (tertiary/aromatic N) is 2. The van der Waals surface area contributed by atoms with Crippen LogP contribution in [-0.4, -0.2) is 107 Å². The molecule has 0 aromatic heterocycles. The van der Waals surface area contributed by atoms with Gasteiger partial charge in [0.2, 0.25) is 5.43 Å². The van der Waals surface area contributed by atoms with E-state index in [0.717, 1.165) is 0 Å². The van der Waals surface area contributed by atoms with Gasteiger partial charge in [-0.2, -0.15) is 0 Å². The van der Waals surface area contributed by atoms with Crippen LogP contribution in [0.4, 0.5) is 5.69 Å². The van der Waals surface area contributed by atoms with E-state index in [9.17, 15) is 34.5 Å². The van der Waals surface area contributed by atoms with Crippen molar-refractivity contribution in [2.24, 2.45) is 23.7 Å². The second-order valence-electron chi connectivity index (χ2n) is 17.1. The minimum atomic E-state index is -2.07. The zero-order valence-electron chi connectivity index (χ0n) is 37.8. The number of phenolic OH excluding ortho intramolecular Hbond substituents is 1. The number of likely N-dealkylation sites (N-methyl/N-ethyl adjacent to an activating group) is 1. The molecule has 0 radical (unpaired) electrons. The highest BCUT2D eigenvalue weighted by molar-refractivity contribution is 6.35. The number of methoxy groups -OCH3 is 1. The van der Waals surface area contributed by atoms with Gasteiger partial charge in [0.15, 0.2) is 11.3 Å². The Kier molecular flexibility index (Phi) is 14.2. The Morgan fingerprint density at radius 3 is 2.38 bits per heavy atom. The van der Waals surface area contributed by atoms with E-state index in [2.05, 4.69) is 5.32 Å². The van der Waals surface area contributed by atoms with Crippen LogP contribution in [0.2, 0.25) is 5.02 Å². The molecule has 0 unspecified atom stereocenters. The topological polar surface area (TPSA) is 216 Å². The summed E-state index contributed by atoms with van der Waals surface area (Å²) in [6, 6.07) is 3.09. The van der Waals surface area contributed by atoms with Gasteiger partial charge in [0.05, 0.1) is 40.5 Å². The lowest BCUT2D eigenvalue weighted by molar-refractivity contribution is -0.160. The number of aliphatic hydroxyl groups is 2. The van der Waals surface area contributed by atoms with Gasteiger partial charge in [-0.15, -0.1) is 0 Å². The molecule has 64 heavy (non-hydrogen) atoms. The fourth-order valence-electron chi connectivity index (χ4n) is 8.27. The number of nitrogens with one attached hydrogen (secondary N) is 1. The molecule has 2 aromatic rings. The highest BCUT2D eigenvalue weighted by Gasteiger charge is 2.50. The predicted molar refractivity (Wildman–Crippen MR) is 240 cm³/mol. The van der Waals surface area contributed by atoms with Crippen LogP contribution in [0.15, 0.2) is 57.5 Å². The smallest absolute Gasteiger partial charge is 0.312 e. The van der Waals surface area contributed by atoms with Gasteiger partial charge in [0.25, 0.3) is 11.7 Å². The number of anilines is 1. The minimum absolute atomic E-state index is 0.0357. The highest BCUT2D eigenvalue weighted by Crippen LogP contribution is 2.51. The molecule has 1 amide bonds. The van der Waals surface area contributed by atoms with E-state index < -0.39 is 82.7 Å². The lowest BCUT2D eigenvalue weighted by Crippen LogP contribution is -2.46. The summed E-state index contributed by atoms with van der Waals surface area (Å²) in [5, 5.41) is 37.1. The summed E-state index contributed by atoms with van der Waals surface area (Å²) in [5.74, 6) is -7.18. The van der Waals surface area contributed by atoms with E-state index in [1.165, 1.54) is 53.2 Å². The summed E-state index contributed by atoms with van der Waals surface area (Å²) in [7, 11) is 5.23. The van der Waals surface area contributed by atoms with E-state index in [1.54, 1.807) is 52.0 Å². The number of aromatic nitrogens is 1. The molecule has 4 N–H and O–H groups in total.